The molecule has 0 aliphatic carbocycles. The van der Waals surface area contributed by atoms with Crippen molar-refractivity contribution in [2.75, 3.05) is 11.1 Å². The van der Waals surface area contributed by atoms with Gasteiger partial charge in [0.15, 0.2) is 17.1 Å². The maximum absolute atomic E-state index is 13.1. The van der Waals surface area contributed by atoms with Crippen LogP contribution in [0.15, 0.2) is 58.5 Å². The molecule has 11 heteroatoms. The van der Waals surface area contributed by atoms with Crippen LogP contribution in [-0.2, 0) is 18.4 Å². The second-order valence-electron chi connectivity index (χ2n) is 8.55. The lowest BCUT2D eigenvalue weighted by atomic mass is 10.2. The zero-order valence-electron chi connectivity index (χ0n) is 21.4. The van der Waals surface area contributed by atoms with Crippen LogP contribution in [0.3, 0.4) is 0 Å². The molecule has 0 aliphatic heterocycles. The van der Waals surface area contributed by atoms with E-state index in [-0.39, 0.29) is 22.9 Å². The van der Waals surface area contributed by atoms with Crippen molar-refractivity contribution in [1.29, 1.82) is 0 Å². The first-order chi connectivity index (χ1) is 17.7. The van der Waals surface area contributed by atoms with Crippen LogP contribution >= 0.6 is 23.4 Å². The summed E-state index contributed by atoms with van der Waals surface area (Å²) in [5.41, 5.74) is 2.39. The number of nitrogens with zero attached hydrogens (tertiary/aromatic N) is 5. The smallest absolute Gasteiger partial charge is 0.295 e. The molecule has 1 unspecified atom stereocenters. The molecule has 0 saturated heterocycles. The number of anilines is 1. The summed E-state index contributed by atoms with van der Waals surface area (Å²) in [5, 5.41) is 12.5. The van der Waals surface area contributed by atoms with Gasteiger partial charge in [-0.05, 0) is 57.5 Å². The van der Waals surface area contributed by atoms with Crippen molar-refractivity contribution in [3.63, 3.8) is 0 Å². The Morgan fingerprint density at radius 2 is 1.89 bits per heavy atom. The fourth-order valence-corrected chi connectivity index (χ4v) is 4.94. The molecular formula is C26H29ClN6O3S. The van der Waals surface area contributed by atoms with Crippen molar-refractivity contribution in [1.82, 2.24) is 24.1 Å². The molecule has 4 rings (SSSR count). The molecule has 1 amide bonds. The van der Waals surface area contributed by atoms with Crippen molar-refractivity contribution in [2.24, 2.45) is 7.05 Å². The number of benzene rings is 2. The highest BCUT2D eigenvalue weighted by Crippen LogP contribution is 2.30. The summed E-state index contributed by atoms with van der Waals surface area (Å²) < 4.78 is 11.2. The Balaban J connectivity index is 1.46. The normalized spacial score (nSPS) is 11.9. The van der Waals surface area contributed by atoms with Crippen LogP contribution in [0.25, 0.3) is 5.69 Å². The summed E-state index contributed by atoms with van der Waals surface area (Å²) in [4.78, 5) is 25.9. The first-order valence-electron chi connectivity index (χ1n) is 11.8. The van der Waals surface area contributed by atoms with Crippen LogP contribution in [0, 0.1) is 13.8 Å². The molecule has 0 fully saturated rings. The fraction of sp³-hybridized carbons (Fsp3) is 0.308. The maximum atomic E-state index is 13.1. The van der Waals surface area contributed by atoms with Gasteiger partial charge in [-0.1, -0.05) is 47.6 Å². The fourth-order valence-electron chi connectivity index (χ4n) is 3.97. The molecule has 9 nitrogen and oxygen atoms in total. The number of halogens is 1. The lowest BCUT2D eigenvalue weighted by Gasteiger charge is -2.16. The largest absolute Gasteiger partial charge is 0.481 e. The number of thioether (sulfide) groups is 1. The molecule has 0 radical (unpaired) electrons. The van der Waals surface area contributed by atoms with Gasteiger partial charge in [-0.3, -0.25) is 14.3 Å². The SMILES string of the molecule is CCn1c(SCC(=O)Nc2c(C)n(C)n(-c3ccccc3)c2=O)nnc1C(C)Oc1cc(C)ccc1Cl. The first kappa shape index (κ1) is 26.6. The van der Waals surface area contributed by atoms with Crippen LogP contribution in [0.1, 0.15) is 37.0 Å². The van der Waals surface area contributed by atoms with E-state index in [2.05, 4.69) is 15.5 Å². The number of para-hydroxylation sites is 1. The molecule has 2 aromatic carbocycles. The third-order valence-electron chi connectivity index (χ3n) is 5.97. The summed E-state index contributed by atoms with van der Waals surface area (Å²) in [7, 11) is 1.78. The zero-order chi connectivity index (χ0) is 26.7. The van der Waals surface area contributed by atoms with Crippen molar-refractivity contribution < 1.29 is 9.53 Å². The van der Waals surface area contributed by atoms with Gasteiger partial charge in [0.25, 0.3) is 5.56 Å². The number of rotatable bonds is 9. The van der Waals surface area contributed by atoms with Crippen molar-refractivity contribution in [3.05, 3.63) is 81.0 Å². The predicted molar refractivity (Wildman–Crippen MR) is 146 cm³/mol. The number of carbonyl (C=O) groups is 1. The lowest BCUT2D eigenvalue weighted by molar-refractivity contribution is -0.113. The summed E-state index contributed by atoms with van der Waals surface area (Å²) in [6.07, 6.45) is -0.404. The minimum atomic E-state index is -0.404. The van der Waals surface area contributed by atoms with Crippen LogP contribution < -0.4 is 15.6 Å². The van der Waals surface area contributed by atoms with Gasteiger partial charge in [0, 0.05) is 13.6 Å². The van der Waals surface area contributed by atoms with Gasteiger partial charge in [-0.25, -0.2) is 4.68 Å². The number of ether oxygens (including phenoxy) is 1. The topological polar surface area (TPSA) is 96.0 Å². The van der Waals surface area contributed by atoms with Crippen LogP contribution in [-0.4, -0.2) is 35.8 Å². The summed E-state index contributed by atoms with van der Waals surface area (Å²) in [6, 6.07) is 14.9. The molecule has 0 bridgehead atoms. The summed E-state index contributed by atoms with van der Waals surface area (Å²) >= 11 is 7.53. The third kappa shape index (κ3) is 5.60. The summed E-state index contributed by atoms with van der Waals surface area (Å²) in [5.74, 6) is 0.968. The van der Waals surface area contributed by atoms with Gasteiger partial charge >= 0.3 is 0 Å². The van der Waals surface area contributed by atoms with E-state index in [4.69, 9.17) is 16.3 Å². The molecule has 0 saturated carbocycles. The number of aryl methyl sites for hydroxylation is 1. The monoisotopic (exact) mass is 540 g/mol. The minimum absolute atomic E-state index is 0.0657. The van der Waals surface area contributed by atoms with Gasteiger partial charge in [0.2, 0.25) is 5.91 Å². The number of amides is 1. The van der Waals surface area contributed by atoms with Gasteiger partial charge in [0.05, 0.1) is 22.2 Å². The van der Waals surface area contributed by atoms with E-state index in [1.165, 1.54) is 16.4 Å². The maximum Gasteiger partial charge on any atom is 0.295 e. The summed E-state index contributed by atoms with van der Waals surface area (Å²) in [6.45, 7) is 8.22. The standard InChI is InChI=1S/C26H29ClN6O3S/c1-6-32-24(18(4)36-21-14-16(2)12-13-20(21)27)29-30-26(32)37-15-22(34)28-23-17(3)31(5)33(25(23)35)19-10-8-7-9-11-19/h7-14,18H,6,15H2,1-5H3,(H,28,34). The quantitative estimate of drug-likeness (QED) is 0.302. The Hall–Kier alpha value is -3.50. The molecular weight excluding hydrogens is 512 g/mol. The second-order valence-corrected chi connectivity index (χ2v) is 9.90. The number of hydrogen-bond acceptors (Lipinski definition) is 6. The van der Waals surface area contributed by atoms with Crippen LogP contribution in [0.4, 0.5) is 5.69 Å². The Morgan fingerprint density at radius 1 is 1.16 bits per heavy atom. The number of aromatic nitrogens is 5. The van der Waals surface area contributed by atoms with Crippen molar-refractivity contribution in [2.45, 2.75) is 45.5 Å². The first-order valence-corrected chi connectivity index (χ1v) is 13.2. The Bertz CT molecular complexity index is 1480. The Kier molecular flexibility index (Phi) is 8.09. The molecule has 2 aromatic heterocycles. The Morgan fingerprint density at radius 3 is 2.59 bits per heavy atom. The average Bonchev–Trinajstić information content (AvgIpc) is 3.39. The average molecular weight is 541 g/mol. The van der Waals surface area contributed by atoms with Gasteiger partial charge in [-0.2, -0.15) is 0 Å². The van der Waals surface area contributed by atoms with E-state index < -0.39 is 6.10 Å². The molecule has 4 aromatic rings. The highest BCUT2D eigenvalue weighted by Gasteiger charge is 2.22. The van der Waals surface area contributed by atoms with E-state index in [0.29, 0.717) is 34.0 Å². The van der Waals surface area contributed by atoms with Gasteiger partial charge < -0.3 is 14.6 Å². The third-order valence-corrected chi connectivity index (χ3v) is 7.25. The van der Waals surface area contributed by atoms with Gasteiger partial charge in [0.1, 0.15) is 11.4 Å². The van der Waals surface area contributed by atoms with Crippen molar-refractivity contribution in [3.8, 4) is 11.4 Å². The molecule has 2 heterocycles. The molecule has 1 atom stereocenters. The molecule has 1 N–H and O–H groups in total. The van der Waals surface area contributed by atoms with E-state index in [0.717, 1.165) is 11.3 Å². The molecule has 0 aliphatic rings. The van der Waals surface area contributed by atoms with Crippen LogP contribution in [0.2, 0.25) is 5.02 Å². The number of nitrogens with one attached hydrogen (secondary N) is 1. The molecule has 37 heavy (non-hydrogen) atoms. The molecule has 0 spiro atoms. The second kappa shape index (κ2) is 11.3. The van der Waals surface area contributed by atoms with Crippen LogP contribution in [0.5, 0.6) is 5.75 Å². The lowest BCUT2D eigenvalue weighted by Crippen LogP contribution is -2.23. The minimum Gasteiger partial charge on any atom is -0.481 e. The highest BCUT2D eigenvalue weighted by atomic mass is 35.5. The number of carbonyl (C=O) groups excluding carboxylic acids is 1. The highest BCUT2D eigenvalue weighted by molar-refractivity contribution is 7.99. The zero-order valence-corrected chi connectivity index (χ0v) is 22.9. The Labute approximate surface area is 224 Å². The van der Waals surface area contributed by atoms with E-state index >= 15 is 0 Å². The molecule has 194 valence electrons. The van der Waals surface area contributed by atoms with E-state index in [1.807, 2.05) is 67.8 Å². The van der Waals surface area contributed by atoms with Crippen molar-refractivity contribution >= 4 is 35.0 Å². The van der Waals surface area contributed by atoms with E-state index in [1.54, 1.807) is 24.7 Å². The number of hydrogen-bond donors (Lipinski definition) is 1. The predicted octanol–water partition coefficient (Wildman–Crippen LogP) is 4.93. The van der Waals surface area contributed by atoms with Gasteiger partial charge in [-0.15, -0.1) is 10.2 Å². The van der Waals surface area contributed by atoms with E-state index in [9.17, 15) is 9.59 Å².